The Bertz CT molecular complexity index is 430. The molecule has 15 heavy (non-hydrogen) atoms. The van der Waals surface area contributed by atoms with Gasteiger partial charge >= 0.3 is 0 Å². The van der Waals surface area contributed by atoms with E-state index in [-0.39, 0.29) is 0 Å². The molecular weight excluding hydrogens is 188 g/mol. The number of para-hydroxylation sites is 1. The van der Waals surface area contributed by atoms with E-state index in [9.17, 15) is 0 Å². The largest absolute Gasteiger partial charge is 0.271 e. The summed E-state index contributed by atoms with van der Waals surface area (Å²) >= 11 is 0. The predicted molar refractivity (Wildman–Crippen MR) is 58.1 cm³/mol. The quantitative estimate of drug-likeness (QED) is 0.748. The van der Waals surface area contributed by atoms with E-state index in [0.717, 1.165) is 11.4 Å². The van der Waals surface area contributed by atoms with Crippen LogP contribution in [0.5, 0.6) is 0 Å². The van der Waals surface area contributed by atoms with E-state index < -0.39 is 0 Å². The molecule has 1 aromatic rings. The number of nitriles is 1. The number of benzene rings is 1. The molecule has 0 saturated heterocycles. The second-order valence-electron chi connectivity index (χ2n) is 3.35. The normalized spacial score (nSPS) is 15.3. The summed E-state index contributed by atoms with van der Waals surface area (Å²) < 4.78 is 0. The lowest BCUT2D eigenvalue weighted by atomic mass is 10.3. The predicted octanol–water partition coefficient (Wildman–Crippen LogP) is 1.61. The van der Waals surface area contributed by atoms with E-state index >= 15 is 0 Å². The lowest BCUT2D eigenvalue weighted by Crippen LogP contribution is -2.41. The highest BCUT2D eigenvalue weighted by atomic mass is 15.8. The first kappa shape index (κ1) is 9.41. The molecule has 2 rings (SSSR count). The van der Waals surface area contributed by atoms with Gasteiger partial charge in [0.1, 0.15) is 6.07 Å². The fraction of sp³-hybridized carbons (Fsp3) is 0.182. The highest BCUT2D eigenvalue weighted by Gasteiger charge is 2.23. The lowest BCUT2D eigenvalue weighted by Gasteiger charge is -2.28. The molecule has 1 aliphatic rings. The van der Waals surface area contributed by atoms with Crippen molar-refractivity contribution >= 4 is 5.69 Å². The molecule has 0 unspecified atom stereocenters. The van der Waals surface area contributed by atoms with E-state index in [4.69, 9.17) is 5.26 Å². The zero-order valence-corrected chi connectivity index (χ0v) is 8.73. The summed E-state index contributed by atoms with van der Waals surface area (Å²) in [6.07, 6.45) is 0. The first-order valence-corrected chi connectivity index (χ1v) is 4.70. The fourth-order valence-corrected chi connectivity index (χ4v) is 1.49. The Labute approximate surface area is 89.0 Å². The maximum absolute atomic E-state index is 8.90. The summed E-state index contributed by atoms with van der Waals surface area (Å²) in [7, 11) is 1.92. The van der Waals surface area contributed by atoms with Crippen molar-refractivity contribution in [2.75, 3.05) is 12.2 Å². The summed E-state index contributed by atoms with van der Waals surface area (Å²) in [4.78, 5) is 0. The van der Waals surface area contributed by atoms with Crippen LogP contribution in [0.2, 0.25) is 0 Å². The minimum atomic E-state index is 0.585. The highest BCUT2D eigenvalue weighted by molar-refractivity contribution is 5.48. The molecule has 1 aromatic carbocycles. The van der Waals surface area contributed by atoms with Crippen LogP contribution in [-0.4, -0.2) is 12.1 Å². The first-order chi connectivity index (χ1) is 7.24. The molecule has 0 fully saturated rings. The van der Waals surface area contributed by atoms with Gasteiger partial charge in [-0.2, -0.15) is 10.4 Å². The van der Waals surface area contributed by atoms with Gasteiger partial charge in [-0.1, -0.05) is 18.2 Å². The SMILES string of the molecule is CC1=C(C#N)NN(c2ccccc2)N1C. The molecule has 4 heteroatoms. The molecule has 0 saturated carbocycles. The Morgan fingerprint density at radius 2 is 1.93 bits per heavy atom. The van der Waals surface area contributed by atoms with Crippen LogP contribution in [0.4, 0.5) is 5.69 Å². The molecule has 4 nitrogen and oxygen atoms in total. The summed E-state index contributed by atoms with van der Waals surface area (Å²) in [5, 5.41) is 12.6. The Balaban J connectivity index is 2.28. The smallest absolute Gasteiger partial charge is 0.154 e. The molecule has 1 heterocycles. The minimum Gasteiger partial charge on any atom is -0.271 e. The molecule has 0 amide bonds. The molecule has 0 bridgehead atoms. The van der Waals surface area contributed by atoms with Gasteiger partial charge in [-0.15, -0.1) is 0 Å². The van der Waals surface area contributed by atoms with Crippen molar-refractivity contribution in [1.82, 2.24) is 10.4 Å². The van der Waals surface area contributed by atoms with Crippen LogP contribution in [0, 0.1) is 11.3 Å². The molecule has 0 spiro atoms. The van der Waals surface area contributed by atoms with Crippen LogP contribution in [-0.2, 0) is 0 Å². The third-order valence-corrected chi connectivity index (χ3v) is 2.48. The summed E-state index contributed by atoms with van der Waals surface area (Å²) in [6.45, 7) is 1.91. The van der Waals surface area contributed by atoms with Crippen molar-refractivity contribution in [3.05, 3.63) is 41.7 Å². The van der Waals surface area contributed by atoms with Crippen molar-refractivity contribution in [3.63, 3.8) is 0 Å². The zero-order chi connectivity index (χ0) is 10.8. The number of allylic oxidation sites excluding steroid dienone is 2. The van der Waals surface area contributed by atoms with Gasteiger partial charge in [-0.3, -0.25) is 10.4 Å². The summed E-state index contributed by atoms with van der Waals surface area (Å²) in [6, 6.07) is 12.0. The number of nitrogens with one attached hydrogen (secondary N) is 1. The topological polar surface area (TPSA) is 42.3 Å². The number of anilines is 1. The Morgan fingerprint density at radius 3 is 2.47 bits per heavy atom. The van der Waals surface area contributed by atoms with Gasteiger partial charge in [-0.25, -0.2) is 0 Å². The molecule has 76 valence electrons. The molecular formula is C11H12N4. The standard InChI is InChI=1S/C11H12N4/c1-9-11(8-12)13-15(14(9)2)10-6-4-3-5-7-10/h3-7,13H,1-2H3. The fourth-order valence-electron chi connectivity index (χ4n) is 1.49. The van der Waals surface area contributed by atoms with Crippen LogP contribution in [0.25, 0.3) is 0 Å². The van der Waals surface area contributed by atoms with Crippen LogP contribution >= 0.6 is 0 Å². The Kier molecular flexibility index (Phi) is 2.22. The molecule has 0 aliphatic carbocycles. The monoisotopic (exact) mass is 200 g/mol. The summed E-state index contributed by atoms with van der Waals surface area (Å²) in [5.74, 6) is 0. The Hall–Kier alpha value is -2.15. The summed E-state index contributed by atoms with van der Waals surface area (Å²) in [5.41, 5.74) is 5.54. The zero-order valence-electron chi connectivity index (χ0n) is 8.73. The number of rotatable bonds is 1. The van der Waals surface area contributed by atoms with Crippen molar-refractivity contribution < 1.29 is 0 Å². The van der Waals surface area contributed by atoms with Crippen LogP contribution in [0.3, 0.4) is 0 Å². The van der Waals surface area contributed by atoms with Gasteiger partial charge in [0.25, 0.3) is 0 Å². The van der Waals surface area contributed by atoms with Crippen molar-refractivity contribution in [1.29, 1.82) is 5.26 Å². The number of nitrogens with zero attached hydrogens (tertiary/aromatic N) is 3. The van der Waals surface area contributed by atoms with E-state index in [1.54, 1.807) is 0 Å². The lowest BCUT2D eigenvalue weighted by molar-refractivity contribution is 0.391. The average Bonchev–Trinajstić information content (AvgIpc) is 2.57. The van der Waals surface area contributed by atoms with Gasteiger partial charge < -0.3 is 0 Å². The van der Waals surface area contributed by atoms with Crippen molar-refractivity contribution in [2.45, 2.75) is 6.92 Å². The third kappa shape index (κ3) is 1.48. The number of hydrogen-bond acceptors (Lipinski definition) is 4. The van der Waals surface area contributed by atoms with Crippen LogP contribution in [0.1, 0.15) is 6.92 Å². The van der Waals surface area contributed by atoms with E-state index in [1.165, 1.54) is 0 Å². The number of hydrogen-bond donors (Lipinski definition) is 1. The van der Waals surface area contributed by atoms with Crippen molar-refractivity contribution in [2.24, 2.45) is 0 Å². The molecule has 1 aliphatic heterocycles. The minimum absolute atomic E-state index is 0.585. The van der Waals surface area contributed by atoms with Gasteiger partial charge in [0.15, 0.2) is 5.70 Å². The van der Waals surface area contributed by atoms with Crippen molar-refractivity contribution in [3.8, 4) is 6.07 Å². The van der Waals surface area contributed by atoms with E-state index in [2.05, 4.69) is 11.5 Å². The Morgan fingerprint density at radius 1 is 1.27 bits per heavy atom. The van der Waals surface area contributed by atoms with E-state index in [0.29, 0.717) is 5.70 Å². The molecule has 0 atom stereocenters. The maximum Gasteiger partial charge on any atom is 0.154 e. The second kappa shape index (κ2) is 3.54. The third-order valence-electron chi connectivity index (χ3n) is 2.48. The highest BCUT2D eigenvalue weighted by Crippen LogP contribution is 2.22. The average molecular weight is 200 g/mol. The molecule has 0 aromatic heterocycles. The van der Waals surface area contributed by atoms with Gasteiger partial charge in [0.2, 0.25) is 0 Å². The molecule has 0 radical (unpaired) electrons. The van der Waals surface area contributed by atoms with Gasteiger partial charge in [0.05, 0.1) is 11.4 Å². The van der Waals surface area contributed by atoms with E-state index in [1.807, 2.05) is 54.4 Å². The first-order valence-electron chi connectivity index (χ1n) is 4.70. The van der Waals surface area contributed by atoms with Crippen LogP contribution in [0.15, 0.2) is 41.7 Å². The van der Waals surface area contributed by atoms with Gasteiger partial charge in [-0.05, 0) is 19.1 Å². The number of hydrazine groups is 2. The molecule has 1 N–H and O–H groups in total. The second-order valence-corrected chi connectivity index (χ2v) is 3.35. The van der Waals surface area contributed by atoms with Crippen LogP contribution < -0.4 is 10.5 Å². The maximum atomic E-state index is 8.90. The van der Waals surface area contributed by atoms with Gasteiger partial charge in [0, 0.05) is 7.05 Å².